The van der Waals surface area contributed by atoms with Gasteiger partial charge in [0.05, 0.1) is 11.5 Å². The maximum Gasteiger partial charge on any atom is 0.339 e. The first-order valence-electron chi connectivity index (χ1n) is 6.84. The van der Waals surface area contributed by atoms with Gasteiger partial charge in [-0.05, 0) is 31.0 Å². The van der Waals surface area contributed by atoms with E-state index < -0.39 is 15.8 Å². The van der Waals surface area contributed by atoms with Gasteiger partial charge in [-0.15, -0.1) is 0 Å². The van der Waals surface area contributed by atoms with Gasteiger partial charge < -0.3 is 15.2 Å². The number of nitrogens with one attached hydrogen (secondary N) is 1. The number of hydrogen-bond donors (Lipinski definition) is 2. The minimum atomic E-state index is -2.83. The van der Waals surface area contributed by atoms with Crippen molar-refractivity contribution in [1.29, 1.82) is 0 Å². The number of sulfone groups is 1. The van der Waals surface area contributed by atoms with Crippen molar-refractivity contribution in [2.45, 2.75) is 6.42 Å². The van der Waals surface area contributed by atoms with Crippen LogP contribution in [0.4, 0.5) is 0 Å². The fourth-order valence-electron chi connectivity index (χ4n) is 2.34. The molecule has 0 bridgehead atoms. The second-order valence-electron chi connectivity index (χ2n) is 5.12. The molecule has 1 aromatic rings. The lowest BCUT2D eigenvalue weighted by molar-refractivity contribution is 0.0692. The highest BCUT2D eigenvalue weighted by molar-refractivity contribution is 7.91. The number of carbonyl (C=O) groups is 1. The van der Waals surface area contributed by atoms with Crippen LogP contribution < -0.4 is 10.1 Å². The number of ether oxygens (including phenoxy) is 1. The summed E-state index contributed by atoms with van der Waals surface area (Å²) in [4.78, 5) is 11.0. The highest BCUT2D eigenvalue weighted by Crippen LogP contribution is 2.18. The summed E-state index contributed by atoms with van der Waals surface area (Å²) >= 11 is 0. The molecule has 2 rings (SSSR count). The van der Waals surface area contributed by atoms with Crippen molar-refractivity contribution < 1.29 is 23.1 Å². The Balaban J connectivity index is 1.70. The van der Waals surface area contributed by atoms with Gasteiger partial charge in [0.25, 0.3) is 0 Å². The first kappa shape index (κ1) is 15.8. The van der Waals surface area contributed by atoms with Crippen LogP contribution in [0.1, 0.15) is 16.8 Å². The van der Waals surface area contributed by atoms with Crippen molar-refractivity contribution in [3.63, 3.8) is 0 Å². The molecule has 21 heavy (non-hydrogen) atoms. The van der Waals surface area contributed by atoms with Crippen LogP contribution in [-0.4, -0.2) is 50.7 Å². The molecule has 0 amide bonds. The van der Waals surface area contributed by atoms with Gasteiger partial charge in [0.15, 0.2) is 9.84 Å². The van der Waals surface area contributed by atoms with Crippen molar-refractivity contribution >= 4 is 15.8 Å². The zero-order chi connectivity index (χ0) is 15.3. The Bertz CT molecular complexity index is 599. The summed E-state index contributed by atoms with van der Waals surface area (Å²) in [5, 5.41) is 12.2. The number of carboxylic acids is 1. The lowest BCUT2D eigenvalue weighted by Crippen LogP contribution is -2.27. The predicted octanol–water partition coefficient (Wildman–Crippen LogP) is 0.788. The van der Waals surface area contributed by atoms with E-state index >= 15 is 0 Å². The van der Waals surface area contributed by atoms with Crippen molar-refractivity contribution in [2.75, 3.05) is 31.2 Å². The SMILES string of the molecule is O=C(O)c1ccccc1OCCNCC1CCS(=O)(=O)C1. The van der Waals surface area contributed by atoms with Crippen molar-refractivity contribution in [3.05, 3.63) is 29.8 Å². The van der Waals surface area contributed by atoms with Gasteiger partial charge in [-0.1, -0.05) is 12.1 Å². The second-order valence-corrected chi connectivity index (χ2v) is 7.35. The van der Waals surface area contributed by atoms with Crippen LogP contribution in [0.5, 0.6) is 5.75 Å². The maximum absolute atomic E-state index is 11.3. The van der Waals surface area contributed by atoms with E-state index in [4.69, 9.17) is 9.84 Å². The zero-order valence-electron chi connectivity index (χ0n) is 11.6. The van der Waals surface area contributed by atoms with Crippen LogP contribution in [0.2, 0.25) is 0 Å². The van der Waals surface area contributed by atoms with Crippen molar-refractivity contribution in [3.8, 4) is 5.75 Å². The van der Waals surface area contributed by atoms with E-state index in [0.717, 1.165) is 0 Å². The Hall–Kier alpha value is -1.60. The second kappa shape index (κ2) is 6.91. The lowest BCUT2D eigenvalue weighted by Gasteiger charge is -2.11. The van der Waals surface area contributed by atoms with Gasteiger partial charge >= 0.3 is 5.97 Å². The molecule has 1 saturated heterocycles. The Morgan fingerprint density at radius 3 is 2.81 bits per heavy atom. The molecule has 7 heteroatoms. The molecular weight excluding hydrogens is 294 g/mol. The summed E-state index contributed by atoms with van der Waals surface area (Å²) in [6.45, 7) is 1.53. The third kappa shape index (κ3) is 4.71. The molecule has 1 heterocycles. The molecule has 1 aromatic carbocycles. The van der Waals surface area contributed by atoms with E-state index in [9.17, 15) is 13.2 Å². The van der Waals surface area contributed by atoms with Gasteiger partial charge in [-0.25, -0.2) is 13.2 Å². The average Bonchev–Trinajstić information content (AvgIpc) is 2.78. The minimum Gasteiger partial charge on any atom is -0.491 e. The Morgan fingerprint density at radius 1 is 1.38 bits per heavy atom. The normalized spacial score (nSPS) is 20.3. The molecule has 2 N–H and O–H groups in total. The summed E-state index contributed by atoms with van der Waals surface area (Å²) in [5.74, 6) is 0.0242. The first-order valence-corrected chi connectivity index (χ1v) is 8.66. The molecule has 0 saturated carbocycles. The monoisotopic (exact) mass is 313 g/mol. The van der Waals surface area contributed by atoms with Crippen LogP contribution in [0.15, 0.2) is 24.3 Å². The van der Waals surface area contributed by atoms with E-state index in [2.05, 4.69) is 5.32 Å². The smallest absolute Gasteiger partial charge is 0.339 e. The van der Waals surface area contributed by atoms with E-state index in [0.29, 0.717) is 31.9 Å². The summed E-state index contributed by atoms with van der Waals surface area (Å²) in [5.41, 5.74) is 0.138. The summed E-state index contributed by atoms with van der Waals surface area (Å²) in [6, 6.07) is 6.48. The summed E-state index contributed by atoms with van der Waals surface area (Å²) < 4.78 is 28.1. The van der Waals surface area contributed by atoms with Crippen molar-refractivity contribution in [1.82, 2.24) is 5.32 Å². The number of para-hydroxylation sites is 1. The quantitative estimate of drug-likeness (QED) is 0.723. The van der Waals surface area contributed by atoms with Gasteiger partial charge in [0, 0.05) is 6.54 Å². The standard InChI is InChI=1S/C14H19NO5S/c16-14(17)12-3-1-2-4-13(12)20-7-6-15-9-11-5-8-21(18,19)10-11/h1-4,11,15H,5-10H2,(H,16,17). The molecule has 0 radical (unpaired) electrons. The molecule has 1 aliphatic heterocycles. The zero-order valence-corrected chi connectivity index (χ0v) is 12.4. The molecule has 1 aliphatic rings. The molecule has 116 valence electrons. The molecule has 0 aromatic heterocycles. The van der Waals surface area contributed by atoms with Crippen LogP contribution >= 0.6 is 0 Å². The van der Waals surface area contributed by atoms with E-state index in [1.165, 1.54) is 6.07 Å². The van der Waals surface area contributed by atoms with Crippen LogP contribution in [0.3, 0.4) is 0 Å². The predicted molar refractivity (Wildman–Crippen MR) is 78.5 cm³/mol. The van der Waals surface area contributed by atoms with Crippen molar-refractivity contribution in [2.24, 2.45) is 5.92 Å². The Morgan fingerprint density at radius 2 is 2.14 bits per heavy atom. The van der Waals surface area contributed by atoms with E-state index in [1.807, 2.05) is 0 Å². The Labute approximate surface area is 124 Å². The van der Waals surface area contributed by atoms with Gasteiger partial charge in [-0.2, -0.15) is 0 Å². The summed E-state index contributed by atoms with van der Waals surface area (Å²) in [6.07, 6.45) is 0.706. The fraction of sp³-hybridized carbons (Fsp3) is 0.500. The molecule has 1 atom stereocenters. The Kier molecular flexibility index (Phi) is 5.19. The highest BCUT2D eigenvalue weighted by atomic mass is 32.2. The van der Waals surface area contributed by atoms with Gasteiger partial charge in [0.2, 0.25) is 0 Å². The maximum atomic E-state index is 11.3. The molecule has 0 aliphatic carbocycles. The van der Waals surface area contributed by atoms with E-state index in [-0.39, 0.29) is 23.0 Å². The minimum absolute atomic E-state index is 0.138. The third-order valence-electron chi connectivity index (χ3n) is 3.41. The molecule has 1 fully saturated rings. The topological polar surface area (TPSA) is 92.7 Å². The highest BCUT2D eigenvalue weighted by Gasteiger charge is 2.27. The molecule has 1 unspecified atom stereocenters. The fourth-order valence-corrected chi connectivity index (χ4v) is 4.20. The number of hydrogen-bond acceptors (Lipinski definition) is 5. The molecule has 0 spiro atoms. The summed E-state index contributed by atoms with van der Waals surface area (Å²) in [7, 11) is -2.83. The number of aromatic carboxylic acids is 1. The molecule has 6 nitrogen and oxygen atoms in total. The number of carboxylic acid groups (broad SMARTS) is 1. The molecular formula is C14H19NO5S. The third-order valence-corrected chi connectivity index (χ3v) is 5.25. The van der Waals surface area contributed by atoms with Gasteiger partial charge in [-0.3, -0.25) is 0 Å². The van der Waals surface area contributed by atoms with E-state index in [1.54, 1.807) is 18.2 Å². The van der Waals surface area contributed by atoms with Crippen LogP contribution in [0, 0.1) is 5.92 Å². The number of benzene rings is 1. The van der Waals surface area contributed by atoms with Crippen LogP contribution in [-0.2, 0) is 9.84 Å². The largest absolute Gasteiger partial charge is 0.491 e. The average molecular weight is 313 g/mol. The first-order chi connectivity index (χ1) is 9.98. The van der Waals surface area contributed by atoms with Crippen LogP contribution in [0.25, 0.3) is 0 Å². The lowest BCUT2D eigenvalue weighted by atomic mass is 10.1. The van der Waals surface area contributed by atoms with Gasteiger partial charge in [0.1, 0.15) is 17.9 Å². The number of rotatable bonds is 7.